The van der Waals surface area contributed by atoms with Crippen LogP contribution in [0.4, 0.5) is 0 Å². The van der Waals surface area contributed by atoms with Gasteiger partial charge in [0.15, 0.2) is 0 Å². The second-order valence-electron chi connectivity index (χ2n) is 5.66. The van der Waals surface area contributed by atoms with Crippen molar-refractivity contribution < 1.29 is 9.59 Å². The Bertz CT molecular complexity index is 527. The van der Waals surface area contributed by atoms with E-state index in [4.69, 9.17) is 0 Å². The van der Waals surface area contributed by atoms with Gasteiger partial charge in [-0.25, -0.2) is 0 Å². The maximum Gasteiger partial charge on any atom is 0.252 e. The lowest BCUT2D eigenvalue weighted by Crippen LogP contribution is -2.32. The summed E-state index contributed by atoms with van der Waals surface area (Å²) in [6, 6.07) is 7.64. The van der Waals surface area contributed by atoms with Crippen LogP contribution < -0.4 is 5.32 Å². The summed E-state index contributed by atoms with van der Waals surface area (Å²) in [4.78, 5) is 27.2. The highest BCUT2D eigenvalue weighted by Gasteiger charge is 2.19. The van der Waals surface area contributed by atoms with Gasteiger partial charge >= 0.3 is 0 Å². The molecule has 0 saturated carbocycles. The summed E-state index contributed by atoms with van der Waals surface area (Å²) in [6.07, 6.45) is 3.10. The Morgan fingerprint density at radius 2 is 1.95 bits per heavy atom. The third kappa shape index (κ3) is 4.50. The van der Waals surface area contributed by atoms with Gasteiger partial charge in [-0.05, 0) is 38.3 Å². The summed E-state index contributed by atoms with van der Waals surface area (Å²) in [5.74, 6) is 0.499. The molecular weight excluding hydrogens is 296 g/mol. The summed E-state index contributed by atoms with van der Waals surface area (Å²) in [7, 11) is 0. The van der Waals surface area contributed by atoms with Crippen LogP contribution in [0.15, 0.2) is 29.2 Å². The average molecular weight is 320 g/mol. The second kappa shape index (κ2) is 8.22. The number of hydrogen-bond acceptors (Lipinski definition) is 3. The largest absolute Gasteiger partial charge is 0.350 e. The number of nitrogens with zero attached hydrogens (tertiary/aromatic N) is 1. The molecule has 0 spiro atoms. The molecule has 1 unspecified atom stereocenters. The Morgan fingerprint density at radius 3 is 2.64 bits per heavy atom. The summed E-state index contributed by atoms with van der Waals surface area (Å²) in [5, 5.41) is 2.98. The van der Waals surface area contributed by atoms with Crippen molar-refractivity contribution in [2.45, 2.75) is 44.0 Å². The fourth-order valence-electron chi connectivity index (χ4n) is 2.38. The lowest BCUT2D eigenvalue weighted by Gasteiger charge is -2.16. The number of likely N-dealkylation sites (tertiary alicyclic amines) is 1. The molecule has 2 amide bonds. The Kier molecular flexibility index (Phi) is 6.31. The van der Waals surface area contributed by atoms with E-state index in [1.165, 1.54) is 11.8 Å². The molecule has 0 bridgehead atoms. The molecule has 1 aliphatic rings. The van der Waals surface area contributed by atoms with E-state index in [1.54, 1.807) is 0 Å². The molecule has 5 heteroatoms. The zero-order valence-electron chi connectivity index (χ0n) is 13.3. The van der Waals surface area contributed by atoms with E-state index in [1.807, 2.05) is 43.0 Å². The zero-order chi connectivity index (χ0) is 15.9. The topological polar surface area (TPSA) is 49.4 Å². The van der Waals surface area contributed by atoms with Crippen molar-refractivity contribution in [3.63, 3.8) is 0 Å². The van der Waals surface area contributed by atoms with Crippen LogP contribution >= 0.6 is 11.8 Å². The average Bonchev–Trinajstić information content (AvgIpc) is 3.07. The summed E-state index contributed by atoms with van der Waals surface area (Å²) in [6.45, 7) is 5.77. The maximum atomic E-state index is 12.3. The molecular formula is C17H24N2O2S. The van der Waals surface area contributed by atoms with Crippen LogP contribution in [0.3, 0.4) is 0 Å². The van der Waals surface area contributed by atoms with Gasteiger partial charge in [-0.15, -0.1) is 11.8 Å². The van der Waals surface area contributed by atoms with Crippen molar-refractivity contribution in [2.24, 2.45) is 0 Å². The van der Waals surface area contributed by atoms with Gasteiger partial charge in [0.2, 0.25) is 5.91 Å². The Hall–Kier alpha value is -1.49. The molecule has 1 N–H and O–H groups in total. The fraction of sp³-hybridized carbons (Fsp3) is 0.529. The molecule has 22 heavy (non-hydrogen) atoms. The van der Waals surface area contributed by atoms with Gasteiger partial charge in [-0.1, -0.05) is 19.1 Å². The van der Waals surface area contributed by atoms with Crippen molar-refractivity contribution >= 4 is 23.6 Å². The van der Waals surface area contributed by atoms with E-state index in [0.29, 0.717) is 11.3 Å². The Morgan fingerprint density at radius 1 is 1.27 bits per heavy atom. The van der Waals surface area contributed by atoms with E-state index >= 15 is 0 Å². The van der Waals surface area contributed by atoms with Crippen LogP contribution in [-0.4, -0.2) is 41.6 Å². The van der Waals surface area contributed by atoms with Gasteiger partial charge in [0.25, 0.3) is 5.91 Å². The van der Waals surface area contributed by atoms with Crippen LogP contribution in [0.1, 0.15) is 43.5 Å². The molecule has 0 aromatic heterocycles. The number of benzene rings is 1. The molecule has 120 valence electrons. The minimum Gasteiger partial charge on any atom is -0.350 e. The van der Waals surface area contributed by atoms with Crippen molar-refractivity contribution in [3.8, 4) is 0 Å². The summed E-state index contributed by atoms with van der Waals surface area (Å²) < 4.78 is 0. The lowest BCUT2D eigenvalue weighted by atomic mass is 10.2. The maximum absolute atomic E-state index is 12.3. The van der Waals surface area contributed by atoms with Gasteiger partial charge in [0.05, 0.1) is 11.3 Å². The Balaban J connectivity index is 1.98. The molecule has 1 saturated heterocycles. The van der Waals surface area contributed by atoms with Crippen molar-refractivity contribution in [2.75, 3.05) is 18.8 Å². The molecule has 0 radical (unpaired) electrons. The Labute approximate surface area is 136 Å². The summed E-state index contributed by atoms with van der Waals surface area (Å²) in [5.41, 5.74) is 0.655. The number of carbonyl (C=O) groups excluding carboxylic acids is 2. The number of rotatable bonds is 6. The standard InChI is InChI=1S/C17H24N2O2S/c1-3-13(2)18-17(21)14-8-4-5-9-15(14)22-12-16(20)19-10-6-7-11-19/h4-5,8-9,13H,3,6-7,10-12H2,1-2H3,(H,18,21). The second-order valence-corrected chi connectivity index (χ2v) is 6.67. The van der Waals surface area contributed by atoms with Crippen LogP contribution in [0.25, 0.3) is 0 Å². The van der Waals surface area contributed by atoms with E-state index in [2.05, 4.69) is 5.32 Å². The highest BCUT2D eigenvalue weighted by Crippen LogP contribution is 2.24. The molecule has 1 aromatic rings. The number of hydrogen-bond donors (Lipinski definition) is 1. The van der Waals surface area contributed by atoms with Gasteiger partial charge in [-0.2, -0.15) is 0 Å². The summed E-state index contributed by atoms with van der Waals surface area (Å²) >= 11 is 1.45. The lowest BCUT2D eigenvalue weighted by molar-refractivity contribution is -0.127. The number of nitrogens with one attached hydrogen (secondary N) is 1. The van der Waals surface area contributed by atoms with E-state index in [9.17, 15) is 9.59 Å². The molecule has 2 rings (SSSR count). The highest BCUT2D eigenvalue weighted by molar-refractivity contribution is 8.00. The number of carbonyl (C=O) groups is 2. The van der Waals surface area contributed by atoms with Crippen LogP contribution in [0, 0.1) is 0 Å². The van der Waals surface area contributed by atoms with Gasteiger partial charge in [-0.3, -0.25) is 9.59 Å². The normalized spacial score (nSPS) is 15.6. The van der Waals surface area contributed by atoms with E-state index in [-0.39, 0.29) is 17.9 Å². The SMILES string of the molecule is CCC(C)NC(=O)c1ccccc1SCC(=O)N1CCCC1. The first-order valence-electron chi connectivity index (χ1n) is 7.92. The zero-order valence-corrected chi connectivity index (χ0v) is 14.1. The molecule has 1 heterocycles. The predicted octanol–water partition coefficient (Wildman–Crippen LogP) is 2.93. The van der Waals surface area contributed by atoms with Crippen LogP contribution in [0.2, 0.25) is 0 Å². The van der Waals surface area contributed by atoms with Gasteiger partial charge in [0, 0.05) is 24.0 Å². The number of thioether (sulfide) groups is 1. The molecule has 0 aliphatic carbocycles. The van der Waals surface area contributed by atoms with Crippen molar-refractivity contribution in [3.05, 3.63) is 29.8 Å². The van der Waals surface area contributed by atoms with Gasteiger partial charge < -0.3 is 10.2 Å². The third-order valence-corrected chi connectivity index (χ3v) is 4.99. The molecule has 1 aliphatic heterocycles. The molecule has 1 fully saturated rings. The smallest absolute Gasteiger partial charge is 0.252 e. The van der Waals surface area contributed by atoms with Crippen LogP contribution in [-0.2, 0) is 4.79 Å². The van der Waals surface area contributed by atoms with Crippen molar-refractivity contribution in [1.82, 2.24) is 10.2 Å². The molecule has 4 nitrogen and oxygen atoms in total. The minimum absolute atomic E-state index is 0.0638. The van der Waals surface area contributed by atoms with Gasteiger partial charge in [0.1, 0.15) is 0 Å². The van der Waals surface area contributed by atoms with E-state index < -0.39 is 0 Å². The number of amides is 2. The predicted molar refractivity (Wildman–Crippen MR) is 90.2 cm³/mol. The molecule has 1 atom stereocenters. The highest BCUT2D eigenvalue weighted by atomic mass is 32.2. The first-order chi connectivity index (χ1) is 10.6. The third-order valence-electron chi connectivity index (χ3n) is 3.93. The van der Waals surface area contributed by atoms with Crippen LogP contribution in [0.5, 0.6) is 0 Å². The monoisotopic (exact) mass is 320 g/mol. The fourth-order valence-corrected chi connectivity index (χ4v) is 3.33. The van der Waals surface area contributed by atoms with E-state index in [0.717, 1.165) is 37.2 Å². The first kappa shape index (κ1) is 16.9. The first-order valence-corrected chi connectivity index (χ1v) is 8.90. The van der Waals surface area contributed by atoms with Crippen molar-refractivity contribution in [1.29, 1.82) is 0 Å². The minimum atomic E-state index is -0.0638. The molecule has 1 aromatic carbocycles. The quantitative estimate of drug-likeness (QED) is 0.820.